The van der Waals surface area contributed by atoms with Gasteiger partial charge in [0.05, 0.1) is 11.4 Å². The zero-order valence-electron chi connectivity index (χ0n) is 18.2. The molecule has 1 aliphatic carbocycles. The maximum atomic E-state index is 13.9. The van der Waals surface area contributed by atoms with Crippen molar-refractivity contribution in [2.75, 3.05) is 5.73 Å². The smallest absolute Gasteiger partial charge is 0.364 e. The summed E-state index contributed by atoms with van der Waals surface area (Å²) in [5.41, 5.74) is 8.63. The average molecular weight is 459 g/mol. The van der Waals surface area contributed by atoms with Crippen molar-refractivity contribution in [2.24, 2.45) is 0 Å². The van der Waals surface area contributed by atoms with Gasteiger partial charge in [-0.2, -0.15) is 9.49 Å². The first-order valence-corrected chi connectivity index (χ1v) is 10.9. The number of allylic oxidation sites excluding steroid dienone is 1. The molecule has 0 atom stereocenters. The highest BCUT2D eigenvalue weighted by Crippen LogP contribution is 2.38. The number of carbonyl (C=O) groups is 1. The minimum atomic E-state index is -1.51. The fourth-order valence-corrected chi connectivity index (χ4v) is 4.32. The van der Waals surface area contributed by atoms with E-state index in [2.05, 4.69) is 9.97 Å². The molecule has 5 rings (SSSR count). The predicted molar refractivity (Wildman–Crippen MR) is 125 cm³/mol. The molecule has 0 amide bonds. The van der Waals surface area contributed by atoms with Gasteiger partial charge in [0, 0.05) is 5.56 Å². The van der Waals surface area contributed by atoms with Crippen molar-refractivity contribution < 1.29 is 19.0 Å². The number of carboxylic acid groups (broad SMARTS) is 1. The van der Waals surface area contributed by atoms with Crippen molar-refractivity contribution in [2.45, 2.75) is 31.7 Å². The second kappa shape index (κ2) is 8.93. The lowest BCUT2D eigenvalue weighted by Crippen LogP contribution is -2.17. The quantitative estimate of drug-likeness (QED) is 0.390. The van der Waals surface area contributed by atoms with Crippen molar-refractivity contribution in [3.63, 3.8) is 0 Å². The Kier molecular flexibility index (Phi) is 5.67. The standard InChI is InChI=1S/C25H22FN5O3/c26-21(25(32)33)15-6-10-17(11-7-15)31-24-20(23(27)28-14-29-24)22(30-31)16-8-12-19(13-9-16)34-18-4-2-1-3-5-18/h1-5,8-9,12-14,17H,6-7,10-11H2,(H,32,33)(H2,27,28,29). The highest BCUT2D eigenvalue weighted by atomic mass is 19.1. The fraction of sp³-hybridized carbons (Fsp3) is 0.200. The van der Waals surface area contributed by atoms with Gasteiger partial charge in [-0.1, -0.05) is 18.2 Å². The number of hydrogen-bond donors (Lipinski definition) is 2. The van der Waals surface area contributed by atoms with E-state index in [9.17, 15) is 9.18 Å². The molecule has 1 aliphatic rings. The van der Waals surface area contributed by atoms with Crippen LogP contribution in [0.15, 0.2) is 72.3 Å². The number of nitrogen functional groups attached to an aromatic ring is 1. The molecule has 3 N–H and O–H groups in total. The van der Waals surface area contributed by atoms with Crippen molar-refractivity contribution in [1.29, 1.82) is 0 Å². The van der Waals surface area contributed by atoms with Gasteiger partial charge in [-0.05, 0) is 67.7 Å². The van der Waals surface area contributed by atoms with Gasteiger partial charge in [-0.15, -0.1) is 0 Å². The number of ether oxygens (including phenoxy) is 1. The number of fused-ring (bicyclic) bond motifs is 1. The summed E-state index contributed by atoms with van der Waals surface area (Å²) in [6.45, 7) is 0. The molecule has 1 saturated carbocycles. The third-order valence-corrected chi connectivity index (χ3v) is 6.03. The van der Waals surface area contributed by atoms with Crippen molar-refractivity contribution in [3.8, 4) is 22.8 Å². The summed E-state index contributed by atoms with van der Waals surface area (Å²) >= 11 is 0. The van der Waals surface area contributed by atoms with Crippen LogP contribution in [-0.4, -0.2) is 30.8 Å². The Morgan fingerprint density at radius 2 is 1.71 bits per heavy atom. The molecule has 0 bridgehead atoms. The second-order valence-electron chi connectivity index (χ2n) is 8.14. The number of nitrogens with zero attached hydrogens (tertiary/aromatic N) is 4. The number of hydrogen-bond acceptors (Lipinski definition) is 6. The molecule has 0 radical (unpaired) electrons. The van der Waals surface area contributed by atoms with Crippen LogP contribution in [0.2, 0.25) is 0 Å². The summed E-state index contributed by atoms with van der Waals surface area (Å²) in [4.78, 5) is 19.5. The number of halogens is 1. The molecule has 8 nitrogen and oxygen atoms in total. The molecule has 2 aromatic carbocycles. The lowest BCUT2D eigenvalue weighted by molar-refractivity contribution is -0.134. The molecule has 2 aromatic heterocycles. The van der Waals surface area contributed by atoms with Gasteiger partial charge in [0.15, 0.2) is 5.65 Å². The third kappa shape index (κ3) is 4.07. The topological polar surface area (TPSA) is 116 Å². The zero-order valence-corrected chi connectivity index (χ0v) is 18.2. The predicted octanol–water partition coefficient (Wildman–Crippen LogP) is 5.29. The summed E-state index contributed by atoms with van der Waals surface area (Å²) < 4.78 is 21.5. The minimum Gasteiger partial charge on any atom is -0.476 e. The molecule has 0 unspecified atom stereocenters. The summed E-state index contributed by atoms with van der Waals surface area (Å²) in [7, 11) is 0. The van der Waals surface area contributed by atoms with E-state index in [1.54, 1.807) is 0 Å². The van der Waals surface area contributed by atoms with E-state index in [0.717, 1.165) is 11.3 Å². The first-order valence-electron chi connectivity index (χ1n) is 10.9. The van der Waals surface area contributed by atoms with E-state index in [4.69, 9.17) is 20.7 Å². The zero-order chi connectivity index (χ0) is 23.7. The Balaban J connectivity index is 1.46. The number of benzene rings is 2. The van der Waals surface area contributed by atoms with Crippen molar-refractivity contribution in [3.05, 3.63) is 72.3 Å². The maximum Gasteiger partial charge on any atom is 0.364 e. The molecule has 0 spiro atoms. The number of carboxylic acids is 1. The summed E-state index contributed by atoms with van der Waals surface area (Å²) in [5, 5.41) is 14.4. The molecule has 0 aliphatic heterocycles. The van der Waals surface area contributed by atoms with Crippen LogP contribution in [-0.2, 0) is 4.79 Å². The average Bonchev–Trinajstić information content (AvgIpc) is 3.26. The van der Waals surface area contributed by atoms with Crippen LogP contribution in [0, 0.1) is 0 Å². The summed E-state index contributed by atoms with van der Waals surface area (Å²) in [5.74, 6) is -0.804. The van der Waals surface area contributed by atoms with Crippen molar-refractivity contribution >= 4 is 22.8 Å². The van der Waals surface area contributed by atoms with Crippen LogP contribution in [0.4, 0.5) is 10.2 Å². The van der Waals surface area contributed by atoms with Crippen LogP contribution in [0.5, 0.6) is 11.5 Å². The molecule has 2 heterocycles. The molecule has 34 heavy (non-hydrogen) atoms. The molecular formula is C25H22FN5O3. The molecule has 1 fully saturated rings. The van der Waals surface area contributed by atoms with Gasteiger partial charge in [0.2, 0.25) is 5.83 Å². The maximum absolute atomic E-state index is 13.9. The first-order chi connectivity index (χ1) is 16.5. The van der Waals surface area contributed by atoms with Gasteiger partial charge in [0.1, 0.15) is 29.3 Å². The molecule has 0 saturated heterocycles. The monoisotopic (exact) mass is 459 g/mol. The number of aromatic nitrogens is 4. The molecular weight excluding hydrogens is 437 g/mol. The largest absolute Gasteiger partial charge is 0.476 e. The van der Waals surface area contributed by atoms with Crippen LogP contribution in [0.3, 0.4) is 0 Å². The van der Waals surface area contributed by atoms with Gasteiger partial charge < -0.3 is 15.6 Å². The SMILES string of the molecule is Nc1ncnc2c1c(-c1ccc(Oc3ccccc3)cc1)nn2C1CCC(=C(F)C(=O)O)CC1. The Hall–Kier alpha value is -4.27. The number of rotatable bonds is 5. The molecule has 172 valence electrons. The van der Waals surface area contributed by atoms with Crippen LogP contribution in [0.25, 0.3) is 22.3 Å². The molecule has 4 aromatic rings. The number of aliphatic carboxylic acids is 1. The lowest BCUT2D eigenvalue weighted by Gasteiger charge is -2.24. The number of nitrogens with two attached hydrogens (primary N) is 1. The minimum absolute atomic E-state index is 0.0587. The first kappa shape index (κ1) is 21.6. The van der Waals surface area contributed by atoms with Gasteiger partial charge in [-0.25, -0.2) is 19.4 Å². The lowest BCUT2D eigenvalue weighted by atomic mass is 9.90. The van der Waals surface area contributed by atoms with Crippen LogP contribution >= 0.6 is 0 Å². The molecule has 9 heteroatoms. The summed E-state index contributed by atoms with van der Waals surface area (Å²) in [6, 6.07) is 17.0. The van der Waals surface area contributed by atoms with E-state index in [-0.39, 0.29) is 6.04 Å². The third-order valence-electron chi connectivity index (χ3n) is 6.03. The number of para-hydroxylation sites is 1. The normalized spacial score (nSPS) is 15.9. The van der Waals surface area contributed by atoms with Gasteiger partial charge in [-0.3, -0.25) is 0 Å². The fourth-order valence-electron chi connectivity index (χ4n) is 4.32. The summed E-state index contributed by atoms with van der Waals surface area (Å²) in [6.07, 6.45) is 3.21. The van der Waals surface area contributed by atoms with Gasteiger partial charge >= 0.3 is 5.97 Å². The Morgan fingerprint density at radius 1 is 1.03 bits per heavy atom. The van der Waals surface area contributed by atoms with E-state index >= 15 is 0 Å². The highest BCUT2D eigenvalue weighted by molar-refractivity contribution is 5.98. The number of anilines is 1. The highest BCUT2D eigenvalue weighted by Gasteiger charge is 2.27. The Bertz CT molecular complexity index is 1370. The van der Waals surface area contributed by atoms with Crippen molar-refractivity contribution in [1.82, 2.24) is 19.7 Å². The Labute approximate surface area is 194 Å². The van der Waals surface area contributed by atoms with E-state index < -0.39 is 11.8 Å². The Morgan fingerprint density at radius 3 is 2.38 bits per heavy atom. The van der Waals surface area contributed by atoms with E-state index in [1.165, 1.54) is 6.33 Å². The second-order valence-corrected chi connectivity index (χ2v) is 8.14. The van der Waals surface area contributed by atoms with Crippen LogP contribution < -0.4 is 10.5 Å². The van der Waals surface area contributed by atoms with Crippen LogP contribution in [0.1, 0.15) is 31.7 Å². The van der Waals surface area contributed by atoms with Gasteiger partial charge in [0.25, 0.3) is 0 Å². The van der Waals surface area contributed by atoms with E-state index in [0.29, 0.717) is 59.6 Å². The van der Waals surface area contributed by atoms with E-state index in [1.807, 2.05) is 59.3 Å².